The van der Waals surface area contributed by atoms with Crippen molar-refractivity contribution in [3.05, 3.63) is 25.3 Å². The molecule has 1 aliphatic rings. The summed E-state index contributed by atoms with van der Waals surface area (Å²) < 4.78 is 11.1. The average molecular weight is 212 g/mol. The maximum atomic E-state index is 10.4. The van der Waals surface area contributed by atoms with E-state index in [0.717, 1.165) is 0 Å². The Morgan fingerprint density at radius 3 is 2.27 bits per heavy atom. The maximum absolute atomic E-state index is 10.4. The molecule has 1 aliphatic heterocycles. The first-order valence-corrected chi connectivity index (χ1v) is 5.19. The van der Waals surface area contributed by atoms with Crippen LogP contribution in [0, 0.1) is 0 Å². The van der Waals surface area contributed by atoms with E-state index in [-0.39, 0.29) is 6.10 Å². The lowest BCUT2D eigenvalue weighted by Crippen LogP contribution is -2.44. The molecule has 0 aromatic carbocycles. The number of hydrogen-bond acceptors (Lipinski definition) is 3. The molecule has 1 heterocycles. The molecular weight excluding hydrogens is 192 g/mol. The van der Waals surface area contributed by atoms with Crippen LogP contribution in [0.15, 0.2) is 25.3 Å². The molecule has 0 amide bonds. The summed E-state index contributed by atoms with van der Waals surface area (Å²) in [4.78, 5) is 0. The van der Waals surface area contributed by atoms with Gasteiger partial charge in [0.05, 0.1) is 12.2 Å². The second kappa shape index (κ2) is 4.47. The number of aliphatic hydroxyl groups is 1. The zero-order chi connectivity index (χ0) is 11.5. The fraction of sp³-hybridized carbons (Fsp3) is 0.667. The molecule has 0 radical (unpaired) electrons. The number of hydrogen-bond donors (Lipinski definition) is 1. The lowest BCUT2D eigenvalue weighted by atomic mass is 9.89. The van der Waals surface area contributed by atoms with E-state index in [1.807, 2.05) is 13.8 Å². The molecule has 1 fully saturated rings. The van der Waals surface area contributed by atoms with Crippen LogP contribution in [0.5, 0.6) is 0 Å². The molecular formula is C12H20O3. The third-order valence-corrected chi connectivity index (χ3v) is 2.60. The van der Waals surface area contributed by atoms with Gasteiger partial charge >= 0.3 is 0 Å². The van der Waals surface area contributed by atoms with Crippen molar-refractivity contribution in [1.29, 1.82) is 0 Å². The van der Waals surface area contributed by atoms with Crippen LogP contribution in [0.4, 0.5) is 0 Å². The molecule has 1 atom stereocenters. The van der Waals surface area contributed by atoms with Gasteiger partial charge in [0.15, 0.2) is 5.79 Å². The van der Waals surface area contributed by atoms with E-state index in [1.165, 1.54) is 0 Å². The van der Waals surface area contributed by atoms with Crippen molar-refractivity contribution in [2.45, 2.75) is 44.2 Å². The molecule has 0 aromatic rings. The fourth-order valence-electron chi connectivity index (χ4n) is 1.80. The molecule has 1 N–H and O–H groups in total. The second-order valence-electron chi connectivity index (χ2n) is 4.41. The Morgan fingerprint density at radius 1 is 1.40 bits per heavy atom. The second-order valence-corrected chi connectivity index (χ2v) is 4.41. The smallest absolute Gasteiger partial charge is 0.163 e. The summed E-state index contributed by atoms with van der Waals surface area (Å²) in [5.41, 5.74) is -0.947. The van der Waals surface area contributed by atoms with Crippen LogP contribution in [-0.2, 0) is 9.47 Å². The summed E-state index contributed by atoms with van der Waals surface area (Å²) in [6.45, 7) is 11.4. The van der Waals surface area contributed by atoms with Gasteiger partial charge in [-0.15, -0.1) is 13.2 Å². The van der Waals surface area contributed by atoms with Crippen molar-refractivity contribution in [2.24, 2.45) is 0 Å². The zero-order valence-electron chi connectivity index (χ0n) is 9.53. The first kappa shape index (κ1) is 12.4. The van der Waals surface area contributed by atoms with Crippen molar-refractivity contribution in [3.63, 3.8) is 0 Å². The van der Waals surface area contributed by atoms with Gasteiger partial charge in [0.1, 0.15) is 6.10 Å². The number of rotatable bonds is 5. The van der Waals surface area contributed by atoms with Crippen LogP contribution in [0.3, 0.4) is 0 Å². The zero-order valence-corrected chi connectivity index (χ0v) is 9.53. The Bertz CT molecular complexity index is 235. The molecule has 1 unspecified atom stereocenters. The lowest BCUT2D eigenvalue weighted by Gasteiger charge is -2.31. The van der Waals surface area contributed by atoms with Crippen molar-refractivity contribution in [3.8, 4) is 0 Å². The van der Waals surface area contributed by atoms with Crippen LogP contribution < -0.4 is 0 Å². The predicted octanol–water partition coefficient (Wildman–Crippen LogP) is 2.02. The van der Waals surface area contributed by atoms with E-state index in [1.54, 1.807) is 12.2 Å². The van der Waals surface area contributed by atoms with Gasteiger partial charge in [0, 0.05) is 0 Å². The van der Waals surface area contributed by atoms with Gasteiger partial charge < -0.3 is 14.6 Å². The summed E-state index contributed by atoms with van der Waals surface area (Å²) in [5.74, 6) is -0.610. The minimum absolute atomic E-state index is 0.316. The summed E-state index contributed by atoms with van der Waals surface area (Å²) in [6.07, 6.45) is 4.02. The molecule has 15 heavy (non-hydrogen) atoms. The molecule has 0 aliphatic carbocycles. The Kier molecular flexibility index (Phi) is 3.71. The quantitative estimate of drug-likeness (QED) is 0.709. The van der Waals surface area contributed by atoms with Crippen molar-refractivity contribution >= 4 is 0 Å². The Balaban J connectivity index is 2.73. The van der Waals surface area contributed by atoms with Gasteiger partial charge in [0.25, 0.3) is 0 Å². The van der Waals surface area contributed by atoms with Gasteiger partial charge in [-0.05, 0) is 26.7 Å². The van der Waals surface area contributed by atoms with Gasteiger partial charge in [-0.3, -0.25) is 0 Å². The van der Waals surface area contributed by atoms with Gasteiger partial charge in [0.2, 0.25) is 0 Å². The van der Waals surface area contributed by atoms with E-state index in [0.29, 0.717) is 19.4 Å². The van der Waals surface area contributed by atoms with Gasteiger partial charge in [-0.2, -0.15) is 0 Å². The molecule has 1 saturated heterocycles. The number of ether oxygens (including phenoxy) is 2. The minimum atomic E-state index is -0.947. The molecule has 3 nitrogen and oxygen atoms in total. The third kappa shape index (κ3) is 2.91. The first-order valence-electron chi connectivity index (χ1n) is 5.19. The highest BCUT2D eigenvalue weighted by atomic mass is 16.7. The normalized spacial score (nSPS) is 25.1. The van der Waals surface area contributed by atoms with E-state index in [4.69, 9.17) is 9.47 Å². The molecule has 0 saturated carbocycles. The Morgan fingerprint density at radius 2 is 1.93 bits per heavy atom. The highest BCUT2D eigenvalue weighted by molar-refractivity contribution is 4.99. The van der Waals surface area contributed by atoms with Crippen LogP contribution in [-0.4, -0.2) is 29.2 Å². The first-order chi connectivity index (χ1) is 6.93. The van der Waals surface area contributed by atoms with E-state index >= 15 is 0 Å². The topological polar surface area (TPSA) is 38.7 Å². The van der Waals surface area contributed by atoms with Gasteiger partial charge in [-0.25, -0.2) is 0 Å². The molecule has 86 valence electrons. The molecule has 3 heteroatoms. The minimum Gasteiger partial charge on any atom is -0.386 e. The predicted molar refractivity (Wildman–Crippen MR) is 59.5 cm³/mol. The van der Waals surface area contributed by atoms with Crippen LogP contribution in [0.1, 0.15) is 26.7 Å². The Labute approximate surface area is 91.4 Å². The van der Waals surface area contributed by atoms with Crippen LogP contribution >= 0.6 is 0 Å². The highest BCUT2D eigenvalue weighted by Crippen LogP contribution is 2.33. The summed E-state index contributed by atoms with van der Waals surface area (Å²) in [6, 6.07) is 0. The fourth-order valence-corrected chi connectivity index (χ4v) is 1.80. The maximum Gasteiger partial charge on any atom is 0.163 e. The summed E-state index contributed by atoms with van der Waals surface area (Å²) in [5, 5.41) is 10.4. The SMILES string of the molecule is C=CCC(O)(CC=C)C1COC(C)(C)O1. The van der Waals surface area contributed by atoms with E-state index in [9.17, 15) is 5.11 Å². The average Bonchev–Trinajstić information content (AvgIpc) is 2.47. The molecule has 0 aromatic heterocycles. The Hall–Kier alpha value is -0.640. The van der Waals surface area contributed by atoms with Crippen molar-refractivity contribution in [1.82, 2.24) is 0 Å². The van der Waals surface area contributed by atoms with Gasteiger partial charge in [-0.1, -0.05) is 12.2 Å². The highest BCUT2D eigenvalue weighted by Gasteiger charge is 2.44. The summed E-state index contributed by atoms with van der Waals surface area (Å²) in [7, 11) is 0. The largest absolute Gasteiger partial charge is 0.386 e. The summed E-state index contributed by atoms with van der Waals surface area (Å²) >= 11 is 0. The standard InChI is InChI=1S/C12H20O3/c1-5-7-12(13,8-6-2)10-9-14-11(3,4)15-10/h5-6,10,13H,1-2,7-9H2,3-4H3. The lowest BCUT2D eigenvalue weighted by molar-refractivity contribution is -0.169. The monoisotopic (exact) mass is 212 g/mol. The van der Waals surface area contributed by atoms with E-state index in [2.05, 4.69) is 13.2 Å². The molecule has 0 spiro atoms. The van der Waals surface area contributed by atoms with Crippen LogP contribution in [0.25, 0.3) is 0 Å². The molecule has 0 bridgehead atoms. The van der Waals surface area contributed by atoms with E-state index < -0.39 is 11.4 Å². The third-order valence-electron chi connectivity index (χ3n) is 2.60. The van der Waals surface area contributed by atoms with Crippen molar-refractivity contribution < 1.29 is 14.6 Å². The van der Waals surface area contributed by atoms with Crippen molar-refractivity contribution in [2.75, 3.05) is 6.61 Å². The van der Waals surface area contributed by atoms with Crippen LogP contribution in [0.2, 0.25) is 0 Å². The molecule has 1 rings (SSSR count).